The summed E-state index contributed by atoms with van der Waals surface area (Å²) >= 11 is 6.04. The van der Waals surface area contributed by atoms with E-state index in [1.807, 2.05) is 30.3 Å². The van der Waals surface area contributed by atoms with Crippen LogP contribution in [-0.4, -0.2) is 34.8 Å². The van der Waals surface area contributed by atoms with Gasteiger partial charge in [-0.15, -0.1) is 0 Å². The van der Waals surface area contributed by atoms with Crippen molar-refractivity contribution in [1.82, 2.24) is 9.88 Å². The number of hydrogen-bond acceptors (Lipinski definition) is 3. The normalized spacial score (nSPS) is 14.2. The molecule has 2 heterocycles. The Balaban J connectivity index is 1.46. The Morgan fingerprint density at radius 3 is 2.31 bits per heavy atom. The van der Waals surface area contributed by atoms with Crippen LogP contribution >= 0.6 is 11.6 Å². The maximum atomic E-state index is 13.5. The van der Waals surface area contributed by atoms with E-state index in [9.17, 15) is 14.0 Å². The van der Waals surface area contributed by atoms with Gasteiger partial charge in [-0.25, -0.2) is 4.39 Å². The highest BCUT2D eigenvalue weighted by Crippen LogP contribution is 2.27. The number of carbonyl (C=O) groups excluding carboxylic acids is 2. The average Bonchev–Trinajstić information content (AvgIpc) is 2.83. The molecule has 0 aliphatic carbocycles. The third-order valence-electron chi connectivity index (χ3n) is 5.67. The van der Waals surface area contributed by atoms with Crippen LogP contribution in [-0.2, 0) is 11.3 Å². The predicted molar refractivity (Wildman–Crippen MR) is 122 cm³/mol. The number of rotatable bonds is 5. The van der Waals surface area contributed by atoms with Crippen molar-refractivity contribution < 1.29 is 14.0 Å². The van der Waals surface area contributed by atoms with E-state index in [1.54, 1.807) is 28.1 Å². The lowest BCUT2D eigenvalue weighted by molar-refractivity contribution is -0.123. The number of piperidine rings is 1. The first kappa shape index (κ1) is 22.0. The van der Waals surface area contributed by atoms with E-state index in [4.69, 9.17) is 11.6 Å². The first-order valence-electron chi connectivity index (χ1n) is 10.5. The Morgan fingerprint density at radius 1 is 1.00 bits per heavy atom. The fourth-order valence-electron chi connectivity index (χ4n) is 3.90. The quantitative estimate of drug-likeness (QED) is 0.551. The second-order valence-electron chi connectivity index (χ2n) is 7.80. The number of benzene rings is 2. The third-order valence-corrected chi connectivity index (χ3v) is 5.93. The lowest BCUT2D eigenvalue weighted by Crippen LogP contribution is -2.44. The van der Waals surface area contributed by atoms with Gasteiger partial charge in [0.1, 0.15) is 5.82 Å². The Kier molecular flexibility index (Phi) is 6.81. The Bertz CT molecular complexity index is 1070. The molecule has 0 unspecified atom stereocenters. The predicted octanol–water partition coefficient (Wildman–Crippen LogP) is 4.96. The monoisotopic (exact) mass is 451 g/mol. The summed E-state index contributed by atoms with van der Waals surface area (Å²) in [6.45, 7) is 1.31. The van der Waals surface area contributed by atoms with Crippen LogP contribution in [0.4, 0.5) is 10.1 Å². The average molecular weight is 452 g/mol. The molecule has 4 rings (SSSR count). The minimum atomic E-state index is -0.374. The zero-order chi connectivity index (χ0) is 22.5. The van der Waals surface area contributed by atoms with Gasteiger partial charge in [0.05, 0.1) is 12.2 Å². The van der Waals surface area contributed by atoms with Gasteiger partial charge in [-0.3, -0.25) is 14.6 Å². The molecule has 0 bridgehead atoms. The van der Waals surface area contributed by atoms with Crippen LogP contribution < -0.4 is 4.90 Å². The molecule has 2 amide bonds. The van der Waals surface area contributed by atoms with Gasteiger partial charge >= 0.3 is 0 Å². The number of hydrogen-bond donors (Lipinski definition) is 0. The molecule has 1 saturated heterocycles. The summed E-state index contributed by atoms with van der Waals surface area (Å²) < 4.78 is 13.1. The van der Waals surface area contributed by atoms with Crippen LogP contribution in [0.3, 0.4) is 0 Å². The first-order chi connectivity index (χ1) is 15.5. The molecule has 0 atom stereocenters. The number of nitrogens with zero attached hydrogens (tertiary/aromatic N) is 3. The number of halogens is 2. The molecule has 5 nitrogen and oxygen atoms in total. The van der Waals surface area contributed by atoms with Gasteiger partial charge in [0.15, 0.2) is 0 Å². The second kappa shape index (κ2) is 9.92. The van der Waals surface area contributed by atoms with Crippen molar-refractivity contribution in [3.63, 3.8) is 0 Å². The lowest BCUT2D eigenvalue weighted by atomic mass is 9.94. The standard InChI is InChI=1S/C25H23ClFN3O2/c26-20-6-10-23(11-7-20)30(17-22-3-1-2-14-28-22)25(32)19-12-15-29(16-13-19)24(31)18-4-8-21(27)9-5-18/h1-11,14,19H,12-13,15-17H2. The Labute approximate surface area is 191 Å². The fourth-order valence-corrected chi connectivity index (χ4v) is 4.02. The zero-order valence-corrected chi connectivity index (χ0v) is 18.2. The number of amides is 2. The third kappa shape index (κ3) is 5.14. The molecule has 1 fully saturated rings. The van der Waals surface area contributed by atoms with Crippen LogP contribution in [0.2, 0.25) is 5.02 Å². The summed E-state index contributed by atoms with van der Waals surface area (Å²) in [7, 11) is 0. The minimum absolute atomic E-state index is 0.00635. The molecule has 32 heavy (non-hydrogen) atoms. The molecule has 0 N–H and O–H groups in total. The van der Waals surface area contributed by atoms with Crippen molar-refractivity contribution in [3.8, 4) is 0 Å². The molecule has 0 spiro atoms. The van der Waals surface area contributed by atoms with Crippen molar-refractivity contribution >= 4 is 29.1 Å². The van der Waals surface area contributed by atoms with Gasteiger partial charge in [0.2, 0.25) is 5.91 Å². The van der Waals surface area contributed by atoms with Crippen LogP contribution in [0.5, 0.6) is 0 Å². The second-order valence-corrected chi connectivity index (χ2v) is 8.23. The van der Waals surface area contributed by atoms with E-state index in [1.165, 1.54) is 24.3 Å². The summed E-state index contributed by atoms with van der Waals surface area (Å²) in [6, 6.07) is 18.4. The highest BCUT2D eigenvalue weighted by Gasteiger charge is 2.31. The van der Waals surface area contributed by atoms with Crippen molar-refractivity contribution in [3.05, 3.63) is 95.0 Å². The van der Waals surface area contributed by atoms with E-state index < -0.39 is 0 Å². The van der Waals surface area contributed by atoms with Crippen molar-refractivity contribution in [2.24, 2.45) is 5.92 Å². The van der Waals surface area contributed by atoms with Gasteiger partial charge in [0, 0.05) is 41.5 Å². The topological polar surface area (TPSA) is 53.5 Å². The fraction of sp³-hybridized carbons (Fsp3) is 0.240. The molecule has 1 aliphatic rings. The van der Waals surface area contributed by atoms with E-state index in [0.29, 0.717) is 43.1 Å². The Morgan fingerprint density at radius 2 is 1.69 bits per heavy atom. The molecule has 0 saturated carbocycles. The molecule has 1 aromatic heterocycles. The first-order valence-corrected chi connectivity index (χ1v) is 10.9. The largest absolute Gasteiger partial charge is 0.339 e. The van der Waals surface area contributed by atoms with Gasteiger partial charge in [-0.2, -0.15) is 0 Å². The highest BCUT2D eigenvalue weighted by atomic mass is 35.5. The number of anilines is 1. The SMILES string of the molecule is O=C(c1ccc(F)cc1)N1CCC(C(=O)N(Cc2ccccn2)c2ccc(Cl)cc2)CC1. The van der Waals surface area contributed by atoms with E-state index in [2.05, 4.69) is 4.98 Å². The summed E-state index contributed by atoms with van der Waals surface area (Å²) in [4.78, 5) is 34.0. The molecule has 164 valence electrons. The molecule has 1 aliphatic heterocycles. The van der Waals surface area contributed by atoms with Crippen molar-refractivity contribution in [1.29, 1.82) is 0 Å². The summed E-state index contributed by atoms with van der Waals surface area (Å²) in [6.07, 6.45) is 2.84. The number of carbonyl (C=O) groups is 2. The van der Waals surface area contributed by atoms with Gasteiger partial charge < -0.3 is 9.80 Å². The van der Waals surface area contributed by atoms with E-state index >= 15 is 0 Å². The molecular weight excluding hydrogens is 429 g/mol. The number of likely N-dealkylation sites (tertiary alicyclic amines) is 1. The molecule has 3 aromatic rings. The van der Waals surface area contributed by atoms with Crippen LogP contribution in [0.15, 0.2) is 72.9 Å². The zero-order valence-electron chi connectivity index (χ0n) is 17.5. The van der Waals surface area contributed by atoms with Gasteiger partial charge in [0.25, 0.3) is 5.91 Å². The molecule has 2 aromatic carbocycles. The van der Waals surface area contributed by atoms with Crippen LogP contribution in [0.25, 0.3) is 0 Å². The highest BCUT2D eigenvalue weighted by molar-refractivity contribution is 6.30. The van der Waals surface area contributed by atoms with Crippen LogP contribution in [0.1, 0.15) is 28.9 Å². The molecule has 0 radical (unpaired) electrons. The van der Waals surface area contributed by atoms with Crippen LogP contribution in [0, 0.1) is 11.7 Å². The van der Waals surface area contributed by atoms with E-state index in [0.717, 1.165) is 11.4 Å². The number of aromatic nitrogens is 1. The maximum absolute atomic E-state index is 13.5. The molecular formula is C25H23ClFN3O2. The molecule has 7 heteroatoms. The van der Waals surface area contributed by atoms with Crippen molar-refractivity contribution in [2.75, 3.05) is 18.0 Å². The minimum Gasteiger partial charge on any atom is -0.339 e. The lowest BCUT2D eigenvalue weighted by Gasteiger charge is -2.34. The smallest absolute Gasteiger partial charge is 0.253 e. The summed E-state index contributed by atoms with van der Waals surface area (Å²) in [5.74, 6) is -0.710. The van der Waals surface area contributed by atoms with Gasteiger partial charge in [-0.05, 0) is 73.5 Å². The summed E-state index contributed by atoms with van der Waals surface area (Å²) in [5.41, 5.74) is 2.00. The summed E-state index contributed by atoms with van der Waals surface area (Å²) in [5, 5.41) is 0.603. The van der Waals surface area contributed by atoms with Crippen molar-refractivity contribution in [2.45, 2.75) is 19.4 Å². The van der Waals surface area contributed by atoms with E-state index in [-0.39, 0.29) is 23.5 Å². The van der Waals surface area contributed by atoms with Gasteiger partial charge in [-0.1, -0.05) is 17.7 Å². The Hall–Kier alpha value is -3.25. The maximum Gasteiger partial charge on any atom is 0.253 e. The number of pyridine rings is 1.